The first kappa shape index (κ1) is 13.0. The highest BCUT2D eigenvalue weighted by molar-refractivity contribution is 5.89. The van der Waals surface area contributed by atoms with Crippen LogP contribution in [0.25, 0.3) is 0 Å². The number of ether oxygens (including phenoxy) is 1. The number of benzene rings is 1. The molecule has 4 heteroatoms. The standard InChI is InChI=1S/C12H15NO2.ClH/c1-13-12(7-8-12)10-5-3-9(4-6-10)11(14)15-2;/h3-6,13H,7-8H2,1-2H3;1H. The second-order valence-electron chi connectivity index (χ2n) is 3.90. The number of rotatable bonds is 3. The fourth-order valence-corrected chi connectivity index (χ4v) is 1.85. The van der Waals surface area contributed by atoms with E-state index >= 15 is 0 Å². The van der Waals surface area contributed by atoms with Crippen LogP contribution in [0.4, 0.5) is 0 Å². The average molecular weight is 242 g/mol. The Morgan fingerprint density at radius 2 is 1.88 bits per heavy atom. The molecule has 1 N–H and O–H groups in total. The molecule has 0 aromatic heterocycles. The third-order valence-corrected chi connectivity index (χ3v) is 3.09. The molecule has 16 heavy (non-hydrogen) atoms. The van der Waals surface area contributed by atoms with Crippen LogP contribution in [0.1, 0.15) is 28.8 Å². The largest absolute Gasteiger partial charge is 0.465 e. The fraction of sp³-hybridized carbons (Fsp3) is 0.417. The summed E-state index contributed by atoms with van der Waals surface area (Å²) >= 11 is 0. The van der Waals surface area contributed by atoms with Crippen LogP contribution in [0.3, 0.4) is 0 Å². The maximum atomic E-state index is 11.2. The monoisotopic (exact) mass is 241 g/mol. The smallest absolute Gasteiger partial charge is 0.337 e. The van der Waals surface area contributed by atoms with Crippen molar-refractivity contribution in [3.8, 4) is 0 Å². The van der Waals surface area contributed by atoms with E-state index in [4.69, 9.17) is 0 Å². The summed E-state index contributed by atoms with van der Waals surface area (Å²) < 4.78 is 4.65. The van der Waals surface area contributed by atoms with Crippen LogP contribution in [-0.4, -0.2) is 20.1 Å². The van der Waals surface area contributed by atoms with Crippen molar-refractivity contribution in [2.24, 2.45) is 0 Å². The highest BCUT2D eigenvalue weighted by atomic mass is 35.5. The minimum absolute atomic E-state index is 0. The van der Waals surface area contributed by atoms with Gasteiger partial charge in [-0.1, -0.05) is 12.1 Å². The highest BCUT2D eigenvalue weighted by Crippen LogP contribution is 2.44. The summed E-state index contributed by atoms with van der Waals surface area (Å²) in [5.41, 5.74) is 2.01. The minimum atomic E-state index is -0.282. The number of halogens is 1. The second kappa shape index (κ2) is 4.85. The normalized spacial score (nSPS) is 16.1. The Morgan fingerprint density at radius 3 is 2.25 bits per heavy atom. The summed E-state index contributed by atoms with van der Waals surface area (Å²) in [6.45, 7) is 0. The molecule has 1 aromatic rings. The van der Waals surface area contributed by atoms with Crippen LogP contribution in [-0.2, 0) is 10.3 Å². The lowest BCUT2D eigenvalue weighted by molar-refractivity contribution is 0.0600. The number of hydrogen-bond donors (Lipinski definition) is 1. The van der Waals surface area contributed by atoms with Gasteiger partial charge in [-0.3, -0.25) is 0 Å². The molecule has 0 heterocycles. The highest BCUT2D eigenvalue weighted by Gasteiger charge is 2.42. The van der Waals surface area contributed by atoms with Crippen molar-refractivity contribution in [3.05, 3.63) is 35.4 Å². The maximum absolute atomic E-state index is 11.2. The Balaban J connectivity index is 0.00000128. The Kier molecular flexibility index (Phi) is 3.94. The Labute approximate surface area is 102 Å². The molecule has 1 aliphatic rings. The molecule has 0 saturated heterocycles. The molecule has 2 rings (SSSR count). The maximum Gasteiger partial charge on any atom is 0.337 e. The Morgan fingerprint density at radius 1 is 1.31 bits per heavy atom. The van der Waals surface area contributed by atoms with Crippen molar-refractivity contribution in [1.29, 1.82) is 0 Å². The molecule has 0 unspecified atom stereocenters. The molecule has 0 amide bonds. The average Bonchev–Trinajstić information content (AvgIpc) is 3.09. The first-order valence-corrected chi connectivity index (χ1v) is 5.09. The lowest BCUT2D eigenvalue weighted by Crippen LogP contribution is -2.24. The van der Waals surface area contributed by atoms with Crippen molar-refractivity contribution < 1.29 is 9.53 Å². The molecule has 0 aliphatic heterocycles. The van der Waals surface area contributed by atoms with Crippen LogP contribution in [0.2, 0.25) is 0 Å². The third-order valence-electron chi connectivity index (χ3n) is 3.09. The van der Waals surface area contributed by atoms with E-state index in [0.29, 0.717) is 5.56 Å². The number of methoxy groups -OCH3 is 1. The zero-order valence-electron chi connectivity index (χ0n) is 9.45. The van der Waals surface area contributed by atoms with Gasteiger partial charge in [-0.25, -0.2) is 4.79 Å². The van der Waals surface area contributed by atoms with E-state index in [2.05, 4.69) is 10.1 Å². The summed E-state index contributed by atoms with van der Waals surface area (Å²) in [5, 5.41) is 3.32. The van der Waals surface area contributed by atoms with Crippen LogP contribution < -0.4 is 5.32 Å². The van der Waals surface area contributed by atoms with E-state index < -0.39 is 0 Å². The van der Waals surface area contributed by atoms with Gasteiger partial charge in [0.2, 0.25) is 0 Å². The number of carbonyl (C=O) groups is 1. The number of esters is 1. The van der Waals surface area contributed by atoms with Gasteiger partial charge in [0, 0.05) is 5.54 Å². The van der Waals surface area contributed by atoms with Crippen LogP contribution in [0.5, 0.6) is 0 Å². The molecule has 1 saturated carbocycles. The van der Waals surface area contributed by atoms with Crippen LogP contribution >= 0.6 is 12.4 Å². The van der Waals surface area contributed by atoms with Gasteiger partial charge in [0.25, 0.3) is 0 Å². The van der Waals surface area contributed by atoms with Crippen molar-refractivity contribution in [2.75, 3.05) is 14.2 Å². The third kappa shape index (κ3) is 2.20. The van der Waals surface area contributed by atoms with Gasteiger partial charge < -0.3 is 10.1 Å². The number of carbonyl (C=O) groups excluding carboxylic acids is 1. The van der Waals surface area contributed by atoms with Crippen molar-refractivity contribution in [2.45, 2.75) is 18.4 Å². The molecule has 88 valence electrons. The zero-order chi connectivity index (χ0) is 10.9. The fourth-order valence-electron chi connectivity index (χ4n) is 1.85. The summed E-state index contributed by atoms with van der Waals surface area (Å²) in [6.07, 6.45) is 2.34. The molecule has 3 nitrogen and oxygen atoms in total. The van der Waals surface area contributed by atoms with Gasteiger partial charge in [0.05, 0.1) is 12.7 Å². The molecular formula is C12H16ClNO2. The first-order chi connectivity index (χ1) is 7.22. The van der Waals surface area contributed by atoms with Gasteiger partial charge in [-0.2, -0.15) is 0 Å². The van der Waals surface area contributed by atoms with Crippen LogP contribution in [0.15, 0.2) is 24.3 Å². The van der Waals surface area contributed by atoms with Crippen LogP contribution in [0, 0.1) is 0 Å². The zero-order valence-corrected chi connectivity index (χ0v) is 10.3. The minimum Gasteiger partial charge on any atom is -0.465 e. The van der Waals surface area contributed by atoms with E-state index in [1.807, 2.05) is 31.3 Å². The van der Waals surface area contributed by atoms with Crippen molar-refractivity contribution in [1.82, 2.24) is 5.32 Å². The quantitative estimate of drug-likeness (QED) is 0.824. The number of hydrogen-bond acceptors (Lipinski definition) is 3. The van der Waals surface area contributed by atoms with E-state index in [9.17, 15) is 4.79 Å². The topological polar surface area (TPSA) is 38.3 Å². The van der Waals surface area contributed by atoms with E-state index in [-0.39, 0.29) is 23.9 Å². The molecule has 0 bridgehead atoms. The summed E-state index contributed by atoms with van der Waals surface area (Å²) in [7, 11) is 3.37. The van der Waals surface area contributed by atoms with Crippen molar-refractivity contribution in [3.63, 3.8) is 0 Å². The SMILES string of the molecule is CNC1(c2ccc(C(=O)OC)cc2)CC1.Cl. The van der Waals surface area contributed by atoms with Gasteiger partial charge in [-0.15, -0.1) is 12.4 Å². The van der Waals surface area contributed by atoms with E-state index in [1.54, 1.807) is 0 Å². The van der Waals surface area contributed by atoms with E-state index in [0.717, 1.165) is 0 Å². The lowest BCUT2D eigenvalue weighted by Gasteiger charge is -2.14. The molecule has 0 atom stereocenters. The predicted molar refractivity (Wildman–Crippen MR) is 65.0 cm³/mol. The second-order valence-corrected chi connectivity index (χ2v) is 3.90. The predicted octanol–water partition coefficient (Wildman–Crippen LogP) is 2.10. The van der Waals surface area contributed by atoms with Gasteiger partial charge in [0.1, 0.15) is 0 Å². The summed E-state index contributed by atoms with van der Waals surface area (Å²) in [6, 6.07) is 7.63. The van der Waals surface area contributed by atoms with Gasteiger partial charge in [0.15, 0.2) is 0 Å². The first-order valence-electron chi connectivity index (χ1n) is 5.09. The number of nitrogens with one attached hydrogen (secondary N) is 1. The lowest BCUT2D eigenvalue weighted by atomic mass is 10.0. The summed E-state index contributed by atoms with van der Waals surface area (Å²) in [5.74, 6) is -0.282. The van der Waals surface area contributed by atoms with Gasteiger partial charge in [-0.05, 0) is 37.6 Å². The molecule has 1 aromatic carbocycles. The Hall–Kier alpha value is -1.06. The van der Waals surface area contributed by atoms with E-state index in [1.165, 1.54) is 25.5 Å². The Bertz CT molecular complexity index is 371. The molecule has 1 fully saturated rings. The van der Waals surface area contributed by atoms with Gasteiger partial charge >= 0.3 is 5.97 Å². The molecule has 0 spiro atoms. The molecule has 0 radical (unpaired) electrons. The summed E-state index contributed by atoms with van der Waals surface area (Å²) in [4.78, 5) is 11.2. The molecule has 1 aliphatic carbocycles. The molecular weight excluding hydrogens is 226 g/mol. The van der Waals surface area contributed by atoms with Crippen molar-refractivity contribution >= 4 is 18.4 Å².